The number of hydrogen-bond donors (Lipinski definition) is 1. The van der Waals surface area contributed by atoms with Gasteiger partial charge in [0.25, 0.3) is 0 Å². The minimum Gasteiger partial charge on any atom is -0.314 e. The van der Waals surface area contributed by atoms with Gasteiger partial charge >= 0.3 is 0 Å². The first-order chi connectivity index (χ1) is 8.76. The minimum absolute atomic E-state index is 0.468. The molecule has 0 aromatic carbocycles. The van der Waals surface area contributed by atoms with E-state index in [0.717, 1.165) is 36.6 Å². The first-order valence-corrected chi connectivity index (χ1v) is 6.64. The maximum absolute atomic E-state index is 4.46. The van der Waals surface area contributed by atoms with Crippen molar-refractivity contribution in [2.24, 2.45) is 0 Å². The molecular formula is C13H21N5. The van der Waals surface area contributed by atoms with Crippen LogP contribution < -0.4 is 5.32 Å². The van der Waals surface area contributed by atoms with Crippen molar-refractivity contribution >= 4 is 5.65 Å². The van der Waals surface area contributed by atoms with E-state index in [4.69, 9.17) is 0 Å². The fourth-order valence-electron chi connectivity index (χ4n) is 2.28. The van der Waals surface area contributed by atoms with Gasteiger partial charge in [0.05, 0.1) is 5.69 Å². The Hall–Kier alpha value is -1.49. The van der Waals surface area contributed by atoms with Gasteiger partial charge in [-0.1, -0.05) is 20.3 Å². The van der Waals surface area contributed by atoms with Crippen LogP contribution in [-0.4, -0.2) is 32.2 Å². The van der Waals surface area contributed by atoms with Gasteiger partial charge in [-0.05, 0) is 19.9 Å². The highest BCUT2D eigenvalue weighted by molar-refractivity contribution is 5.43. The smallest absolute Gasteiger partial charge is 0.182 e. The van der Waals surface area contributed by atoms with Crippen LogP contribution in [0.15, 0.2) is 12.4 Å². The van der Waals surface area contributed by atoms with Crippen LogP contribution in [0.5, 0.6) is 0 Å². The highest BCUT2D eigenvalue weighted by Crippen LogP contribution is 2.11. The van der Waals surface area contributed by atoms with Gasteiger partial charge in [-0.3, -0.25) is 9.38 Å². The maximum Gasteiger partial charge on any atom is 0.182 e. The van der Waals surface area contributed by atoms with Gasteiger partial charge in [0.1, 0.15) is 5.82 Å². The molecule has 0 aliphatic carbocycles. The van der Waals surface area contributed by atoms with Crippen LogP contribution in [0.4, 0.5) is 0 Å². The molecule has 0 saturated heterocycles. The van der Waals surface area contributed by atoms with Crippen LogP contribution in [-0.2, 0) is 6.42 Å². The van der Waals surface area contributed by atoms with E-state index >= 15 is 0 Å². The Balaban J connectivity index is 2.24. The van der Waals surface area contributed by atoms with E-state index in [0.29, 0.717) is 6.04 Å². The number of aromatic nitrogens is 4. The van der Waals surface area contributed by atoms with Crippen molar-refractivity contribution in [3.63, 3.8) is 0 Å². The van der Waals surface area contributed by atoms with E-state index in [2.05, 4.69) is 34.3 Å². The SMILES string of the molecule is CCCC(Cc1nccn2c(C)nnc12)NCC. The first-order valence-electron chi connectivity index (χ1n) is 6.64. The van der Waals surface area contributed by atoms with E-state index in [1.165, 1.54) is 6.42 Å². The van der Waals surface area contributed by atoms with Gasteiger partial charge in [-0.15, -0.1) is 10.2 Å². The monoisotopic (exact) mass is 247 g/mol. The molecule has 2 rings (SSSR count). The molecule has 0 spiro atoms. The standard InChI is InChI=1S/C13H21N5/c1-4-6-11(14-5-2)9-12-13-17-16-10(3)18(13)8-7-15-12/h7-8,11,14H,4-6,9H2,1-3H3. The first kappa shape index (κ1) is 13.0. The number of aryl methyl sites for hydroxylation is 1. The second-order valence-corrected chi connectivity index (χ2v) is 4.56. The summed E-state index contributed by atoms with van der Waals surface area (Å²) in [5, 5.41) is 11.8. The van der Waals surface area contributed by atoms with E-state index in [1.807, 2.05) is 23.7 Å². The molecule has 2 aromatic heterocycles. The largest absolute Gasteiger partial charge is 0.314 e. The minimum atomic E-state index is 0.468. The van der Waals surface area contributed by atoms with Crippen molar-refractivity contribution in [3.8, 4) is 0 Å². The molecular weight excluding hydrogens is 226 g/mol. The van der Waals surface area contributed by atoms with Crippen molar-refractivity contribution in [3.05, 3.63) is 23.9 Å². The zero-order chi connectivity index (χ0) is 13.0. The number of rotatable bonds is 6. The molecule has 2 heterocycles. The molecule has 18 heavy (non-hydrogen) atoms. The fourth-order valence-corrected chi connectivity index (χ4v) is 2.28. The van der Waals surface area contributed by atoms with Crippen molar-refractivity contribution in [1.29, 1.82) is 0 Å². The number of hydrogen-bond acceptors (Lipinski definition) is 4. The van der Waals surface area contributed by atoms with Gasteiger partial charge in [0.2, 0.25) is 0 Å². The van der Waals surface area contributed by atoms with Crippen LogP contribution in [0.2, 0.25) is 0 Å². The quantitative estimate of drug-likeness (QED) is 0.845. The lowest BCUT2D eigenvalue weighted by Crippen LogP contribution is -2.31. The van der Waals surface area contributed by atoms with Crippen LogP contribution in [0.3, 0.4) is 0 Å². The predicted octanol–water partition coefficient (Wildman–Crippen LogP) is 1.75. The summed E-state index contributed by atoms with van der Waals surface area (Å²) < 4.78 is 2.00. The summed E-state index contributed by atoms with van der Waals surface area (Å²) in [6, 6.07) is 0.468. The maximum atomic E-state index is 4.46. The molecule has 2 aromatic rings. The molecule has 1 atom stereocenters. The van der Waals surface area contributed by atoms with E-state index in [-0.39, 0.29) is 0 Å². The average Bonchev–Trinajstić information content (AvgIpc) is 2.73. The van der Waals surface area contributed by atoms with Gasteiger partial charge < -0.3 is 5.32 Å². The van der Waals surface area contributed by atoms with Gasteiger partial charge in [0, 0.05) is 24.9 Å². The van der Waals surface area contributed by atoms with E-state index in [9.17, 15) is 0 Å². The zero-order valence-electron chi connectivity index (χ0n) is 11.3. The van der Waals surface area contributed by atoms with Crippen molar-refractivity contribution in [2.45, 2.75) is 46.1 Å². The molecule has 5 nitrogen and oxygen atoms in total. The molecule has 0 bridgehead atoms. The third kappa shape index (κ3) is 2.67. The predicted molar refractivity (Wildman–Crippen MR) is 71.6 cm³/mol. The molecule has 5 heteroatoms. The Morgan fingerprint density at radius 3 is 2.89 bits per heavy atom. The average molecular weight is 247 g/mol. The summed E-state index contributed by atoms with van der Waals surface area (Å²) in [5.41, 5.74) is 1.91. The number of nitrogens with zero attached hydrogens (tertiary/aromatic N) is 4. The van der Waals surface area contributed by atoms with E-state index in [1.54, 1.807) is 0 Å². The van der Waals surface area contributed by atoms with Crippen LogP contribution in [0.1, 0.15) is 38.2 Å². The Morgan fingerprint density at radius 1 is 1.33 bits per heavy atom. The third-order valence-electron chi connectivity index (χ3n) is 3.14. The lowest BCUT2D eigenvalue weighted by molar-refractivity contribution is 0.482. The Kier molecular flexibility index (Phi) is 4.25. The Morgan fingerprint density at radius 2 is 2.17 bits per heavy atom. The summed E-state index contributed by atoms with van der Waals surface area (Å²) in [7, 11) is 0. The second kappa shape index (κ2) is 5.91. The molecule has 0 radical (unpaired) electrons. The number of nitrogens with one attached hydrogen (secondary N) is 1. The van der Waals surface area contributed by atoms with Gasteiger partial charge in [0.15, 0.2) is 5.65 Å². The van der Waals surface area contributed by atoms with Crippen LogP contribution >= 0.6 is 0 Å². The Bertz CT molecular complexity index is 499. The second-order valence-electron chi connectivity index (χ2n) is 4.56. The summed E-state index contributed by atoms with van der Waals surface area (Å²) in [5.74, 6) is 0.907. The summed E-state index contributed by atoms with van der Waals surface area (Å²) >= 11 is 0. The molecule has 0 aliphatic rings. The van der Waals surface area contributed by atoms with Gasteiger partial charge in [-0.25, -0.2) is 0 Å². The highest BCUT2D eigenvalue weighted by Gasteiger charge is 2.13. The van der Waals surface area contributed by atoms with Crippen LogP contribution in [0, 0.1) is 6.92 Å². The molecule has 98 valence electrons. The van der Waals surface area contributed by atoms with Crippen molar-refractivity contribution < 1.29 is 0 Å². The van der Waals surface area contributed by atoms with Crippen molar-refractivity contribution in [1.82, 2.24) is 24.9 Å². The number of fused-ring (bicyclic) bond motifs is 1. The number of likely N-dealkylation sites (N-methyl/N-ethyl adjacent to an activating group) is 1. The lowest BCUT2D eigenvalue weighted by atomic mass is 10.1. The van der Waals surface area contributed by atoms with Crippen molar-refractivity contribution in [2.75, 3.05) is 6.54 Å². The lowest BCUT2D eigenvalue weighted by Gasteiger charge is -2.16. The topological polar surface area (TPSA) is 55.1 Å². The molecule has 1 N–H and O–H groups in total. The highest BCUT2D eigenvalue weighted by atomic mass is 15.2. The summed E-state index contributed by atoms with van der Waals surface area (Å²) in [6.45, 7) is 7.29. The fraction of sp³-hybridized carbons (Fsp3) is 0.615. The zero-order valence-corrected chi connectivity index (χ0v) is 11.3. The Labute approximate surface area is 108 Å². The van der Waals surface area contributed by atoms with E-state index < -0.39 is 0 Å². The van der Waals surface area contributed by atoms with Crippen LogP contribution in [0.25, 0.3) is 5.65 Å². The molecule has 0 amide bonds. The third-order valence-corrected chi connectivity index (χ3v) is 3.14. The molecule has 1 unspecified atom stereocenters. The van der Waals surface area contributed by atoms with Gasteiger partial charge in [-0.2, -0.15) is 0 Å². The summed E-state index contributed by atoms with van der Waals surface area (Å²) in [4.78, 5) is 4.46. The summed E-state index contributed by atoms with van der Waals surface area (Å²) in [6.07, 6.45) is 6.98. The normalized spacial score (nSPS) is 13.1. The molecule has 0 fully saturated rings. The molecule has 0 aliphatic heterocycles. The molecule has 0 saturated carbocycles.